The molecule has 2 rings (SSSR count). The number of hydrogen-bond acceptors (Lipinski definition) is 2. The Bertz CT molecular complexity index is 560. The molecule has 1 aromatic carbocycles. The second-order valence-corrected chi connectivity index (χ2v) is 6.43. The van der Waals surface area contributed by atoms with Gasteiger partial charge in [0.1, 0.15) is 11.3 Å². The summed E-state index contributed by atoms with van der Waals surface area (Å²) >= 11 is 7.09. The van der Waals surface area contributed by atoms with Gasteiger partial charge < -0.3 is 9.73 Å². The first-order valence-electron chi connectivity index (χ1n) is 6.15. The molecule has 0 bridgehead atoms. The Hall–Kier alpha value is -0.320. The number of halogens is 2. The second kappa shape index (κ2) is 5.76. The normalized spacial score (nSPS) is 11.7. The lowest BCUT2D eigenvalue weighted by Crippen LogP contribution is -2.22. The highest BCUT2D eigenvalue weighted by molar-refractivity contribution is 9.11. The van der Waals surface area contributed by atoms with E-state index in [1.807, 2.05) is 6.07 Å². The lowest BCUT2D eigenvalue weighted by molar-refractivity contribution is 0.483. The van der Waals surface area contributed by atoms with Gasteiger partial charge in [-0.05, 0) is 34.5 Å². The van der Waals surface area contributed by atoms with E-state index in [9.17, 15) is 0 Å². The zero-order valence-electron chi connectivity index (χ0n) is 10.8. The van der Waals surface area contributed by atoms with Crippen LogP contribution in [0.5, 0.6) is 0 Å². The van der Waals surface area contributed by atoms with Crippen LogP contribution >= 0.6 is 31.9 Å². The van der Waals surface area contributed by atoms with Crippen molar-refractivity contribution in [2.75, 3.05) is 0 Å². The molecule has 18 heavy (non-hydrogen) atoms. The zero-order valence-corrected chi connectivity index (χ0v) is 14.0. The van der Waals surface area contributed by atoms with Crippen LogP contribution in [0.25, 0.3) is 11.0 Å². The summed E-state index contributed by atoms with van der Waals surface area (Å²) in [6.45, 7) is 7.22. The van der Waals surface area contributed by atoms with Crippen LogP contribution < -0.4 is 5.32 Å². The van der Waals surface area contributed by atoms with Crippen LogP contribution in [0, 0.1) is 0 Å². The van der Waals surface area contributed by atoms with Crippen molar-refractivity contribution < 1.29 is 4.42 Å². The number of furan rings is 1. The largest absolute Gasteiger partial charge is 0.458 e. The Kier molecular flexibility index (Phi) is 4.51. The molecule has 0 saturated heterocycles. The topological polar surface area (TPSA) is 25.2 Å². The van der Waals surface area contributed by atoms with Gasteiger partial charge in [0, 0.05) is 21.5 Å². The first-order chi connectivity index (χ1) is 8.52. The maximum atomic E-state index is 6.00. The molecule has 0 aliphatic rings. The molecule has 0 fully saturated rings. The molecule has 0 aliphatic carbocycles. The molecule has 0 unspecified atom stereocenters. The summed E-state index contributed by atoms with van der Waals surface area (Å²) in [6.07, 6.45) is 0.977. The van der Waals surface area contributed by atoms with Crippen LogP contribution in [0.3, 0.4) is 0 Å². The molecule has 2 aromatic rings. The maximum absolute atomic E-state index is 6.00. The lowest BCUT2D eigenvalue weighted by atomic mass is 10.1. The van der Waals surface area contributed by atoms with Crippen molar-refractivity contribution >= 4 is 42.8 Å². The van der Waals surface area contributed by atoms with E-state index >= 15 is 0 Å². The minimum absolute atomic E-state index is 0.457. The number of benzene rings is 1. The summed E-state index contributed by atoms with van der Waals surface area (Å²) in [5.41, 5.74) is 2.23. The van der Waals surface area contributed by atoms with Gasteiger partial charge in [0.15, 0.2) is 0 Å². The van der Waals surface area contributed by atoms with E-state index in [0.717, 1.165) is 33.3 Å². The van der Waals surface area contributed by atoms with Crippen LogP contribution in [0.1, 0.15) is 32.1 Å². The van der Waals surface area contributed by atoms with Gasteiger partial charge in [-0.1, -0.05) is 36.7 Å². The Labute approximate surface area is 124 Å². The molecule has 0 aliphatic heterocycles. The van der Waals surface area contributed by atoms with E-state index in [1.54, 1.807) is 0 Å². The number of rotatable bonds is 4. The molecule has 2 nitrogen and oxygen atoms in total. The molecule has 4 heteroatoms. The van der Waals surface area contributed by atoms with Crippen LogP contribution in [-0.4, -0.2) is 6.04 Å². The smallest absolute Gasteiger partial charge is 0.148 e. The molecule has 0 atom stereocenters. The van der Waals surface area contributed by atoms with Crippen LogP contribution in [0.15, 0.2) is 25.5 Å². The van der Waals surface area contributed by atoms with Gasteiger partial charge in [0.2, 0.25) is 0 Å². The molecule has 1 N–H and O–H groups in total. The molecule has 0 spiro atoms. The standard InChI is InChI=1S/C14H17Br2NO/c1-4-10-11-5-9(15)6-12(16)14(11)18-13(10)7-17-8(2)3/h5-6,8,17H,4,7H2,1-3H3. The van der Waals surface area contributed by atoms with Crippen molar-refractivity contribution in [3.05, 3.63) is 32.4 Å². The van der Waals surface area contributed by atoms with Crippen molar-refractivity contribution in [3.63, 3.8) is 0 Å². The lowest BCUT2D eigenvalue weighted by Gasteiger charge is -2.06. The summed E-state index contributed by atoms with van der Waals surface area (Å²) in [4.78, 5) is 0. The number of fused-ring (bicyclic) bond motifs is 1. The quantitative estimate of drug-likeness (QED) is 0.812. The van der Waals surface area contributed by atoms with Gasteiger partial charge >= 0.3 is 0 Å². The van der Waals surface area contributed by atoms with E-state index in [1.165, 1.54) is 10.9 Å². The fourth-order valence-corrected chi connectivity index (χ4v) is 3.36. The average molecular weight is 375 g/mol. The van der Waals surface area contributed by atoms with E-state index in [0.29, 0.717) is 6.04 Å². The van der Waals surface area contributed by atoms with Crippen molar-refractivity contribution in [3.8, 4) is 0 Å². The molecule has 1 heterocycles. The highest BCUT2D eigenvalue weighted by Crippen LogP contribution is 2.34. The van der Waals surface area contributed by atoms with Crippen molar-refractivity contribution in [2.45, 2.75) is 39.8 Å². The van der Waals surface area contributed by atoms with E-state index < -0.39 is 0 Å². The average Bonchev–Trinajstić information content (AvgIpc) is 2.64. The molecular formula is C14H17Br2NO. The summed E-state index contributed by atoms with van der Waals surface area (Å²) in [6, 6.07) is 4.60. The van der Waals surface area contributed by atoms with E-state index in [-0.39, 0.29) is 0 Å². The Morgan fingerprint density at radius 3 is 2.61 bits per heavy atom. The second-order valence-electron chi connectivity index (χ2n) is 4.66. The third kappa shape index (κ3) is 2.81. The number of aryl methyl sites for hydroxylation is 1. The monoisotopic (exact) mass is 373 g/mol. The van der Waals surface area contributed by atoms with Gasteiger partial charge in [0.25, 0.3) is 0 Å². The van der Waals surface area contributed by atoms with Gasteiger partial charge in [-0.3, -0.25) is 0 Å². The highest BCUT2D eigenvalue weighted by Gasteiger charge is 2.15. The SMILES string of the molecule is CCc1c(CNC(C)C)oc2c(Br)cc(Br)cc12. The summed E-state index contributed by atoms with van der Waals surface area (Å²) in [7, 11) is 0. The maximum Gasteiger partial charge on any atom is 0.148 e. The molecule has 0 saturated carbocycles. The summed E-state index contributed by atoms with van der Waals surface area (Å²) in [5, 5.41) is 4.60. The first kappa shape index (κ1) is 14.1. The number of hydrogen-bond donors (Lipinski definition) is 1. The molecule has 0 amide bonds. The highest BCUT2D eigenvalue weighted by atomic mass is 79.9. The zero-order chi connectivity index (χ0) is 13.3. The predicted octanol–water partition coefficient (Wildman–Crippen LogP) is 5.02. The third-order valence-corrected chi connectivity index (χ3v) is 3.97. The third-order valence-electron chi connectivity index (χ3n) is 2.92. The van der Waals surface area contributed by atoms with Gasteiger partial charge in [0.05, 0.1) is 11.0 Å². The molecule has 1 aromatic heterocycles. The van der Waals surface area contributed by atoms with Crippen LogP contribution in [0.2, 0.25) is 0 Å². The van der Waals surface area contributed by atoms with Crippen molar-refractivity contribution in [2.24, 2.45) is 0 Å². The van der Waals surface area contributed by atoms with Crippen molar-refractivity contribution in [1.82, 2.24) is 5.32 Å². The Morgan fingerprint density at radius 1 is 1.28 bits per heavy atom. The van der Waals surface area contributed by atoms with Gasteiger partial charge in [-0.2, -0.15) is 0 Å². The Morgan fingerprint density at radius 2 is 2.00 bits per heavy atom. The van der Waals surface area contributed by atoms with E-state index in [2.05, 4.69) is 64.0 Å². The first-order valence-corrected chi connectivity index (χ1v) is 7.74. The van der Waals surface area contributed by atoms with Crippen LogP contribution in [0.4, 0.5) is 0 Å². The fraction of sp³-hybridized carbons (Fsp3) is 0.429. The van der Waals surface area contributed by atoms with Crippen LogP contribution in [-0.2, 0) is 13.0 Å². The molecule has 0 radical (unpaired) electrons. The Balaban J connectivity index is 2.50. The summed E-state index contributed by atoms with van der Waals surface area (Å²) < 4.78 is 8.06. The summed E-state index contributed by atoms with van der Waals surface area (Å²) in [5.74, 6) is 1.04. The minimum atomic E-state index is 0.457. The van der Waals surface area contributed by atoms with Crippen molar-refractivity contribution in [1.29, 1.82) is 0 Å². The van der Waals surface area contributed by atoms with Gasteiger partial charge in [-0.15, -0.1) is 0 Å². The fourth-order valence-electron chi connectivity index (χ4n) is 2.05. The number of nitrogens with one attached hydrogen (secondary N) is 1. The van der Waals surface area contributed by atoms with Gasteiger partial charge in [-0.25, -0.2) is 0 Å². The van der Waals surface area contributed by atoms with E-state index in [4.69, 9.17) is 4.42 Å². The predicted molar refractivity (Wildman–Crippen MR) is 83.0 cm³/mol. The molecule has 98 valence electrons. The minimum Gasteiger partial charge on any atom is -0.458 e. The molecular weight excluding hydrogens is 358 g/mol.